The van der Waals surface area contributed by atoms with Crippen molar-refractivity contribution in [3.8, 4) is 0 Å². The molecule has 1 amide bonds. The number of carbonyl (C=O) groups excluding carboxylic acids is 1. The fraction of sp³-hybridized carbons (Fsp3) is 0.316. The van der Waals surface area contributed by atoms with Crippen molar-refractivity contribution < 1.29 is 31.5 Å². The highest BCUT2D eigenvalue weighted by Gasteiger charge is 2.52. The summed E-state index contributed by atoms with van der Waals surface area (Å²) in [4.78, 5) is 19.9. The minimum atomic E-state index is -4.88. The van der Waals surface area contributed by atoms with Crippen LogP contribution in [0.1, 0.15) is 28.0 Å². The van der Waals surface area contributed by atoms with Crippen molar-refractivity contribution >= 4 is 29.2 Å². The SMILES string of the molecule is Cc1cc(NC(=O)c2ccc(Cl)cn2)cc(C2(CF)CC(C(F)(F)F)OC(N)=N2)c1F. The normalized spacial score (nSPS) is 21.3. The molecule has 1 aromatic carbocycles. The molecule has 166 valence electrons. The average Bonchev–Trinajstić information content (AvgIpc) is 2.69. The molecule has 0 radical (unpaired) electrons. The second-order valence-corrected chi connectivity index (χ2v) is 7.37. The van der Waals surface area contributed by atoms with Gasteiger partial charge in [-0.3, -0.25) is 4.79 Å². The Morgan fingerprint density at radius 1 is 1.39 bits per heavy atom. The van der Waals surface area contributed by atoms with Crippen LogP contribution < -0.4 is 11.1 Å². The van der Waals surface area contributed by atoms with Gasteiger partial charge in [0.15, 0.2) is 6.10 Å². The lowest BCUT2D eigenvalue weighted by atomic mass is 9.83. The van der Waals surface area contributed by atoms with E-state index in [0.717, 1.165) is 6.07 Å². The summed E-state index contributed by atoms with van der Waals surface area (Å²) in [5.41, 5.74) is 2.53. The number of nitrogens with two attached hydrogens (primary N) is 1. The molecule has 2 aromatic rings. The molecule has 0 aliphatic carbocycles. The van der Waals surface area contributed by atoms with E-state index in [1.807, 2.05) is 0 Å². The Morgan fingerprint density at radius 3 is 2.68 bits per heavy atom. The fourth-order valence-electron chi connectivity index (χ4n) is 3.17. The van der Waals surface area contributed by atoms with Crippen molar-refractivity contribution in [3.63, 3.8) is 0 Å². The number of carbonyl (C=O) groups is 1. The maximum Gasteiger partial charge on any atom is 0.425 e. The minimum Gasteiger partial charge on any atom is -0.452 e. The van der Waals surface area contributed by atoms with Gasteiger partial charge in [0, 0.05) is 23.9 Å². The van der Waals surface area contributed by atoms with Gasteiger partial charge in [-0.1, -0.05) is 11.6 Å². The van der Waals surface area contributed by atoms with Crippen LogP contribution in [0, 0.1) is 12.7 Å². The number of nitrogens with zero attached hydrogens (tertiary/aromatic N) is 2. The zero-order chi connectivity index (χ0) is 23.0. The number of hydrogen-bond acceptors (Lipinski definition) is 5. The Labute approximate surface area is 178 Å². The second-order valence-electron chi connectivity index (χ2n) is 6.94. The third kappa shape index (κ3) is 4.71. The van der Waals surface area contributed by atoms with E-state index in [1.54, 1.807) is 0 Å². The van der Waals surface area contributed by atoms with E-state index < -0.39 is 54.2 Å². The van der Waals surface area contributed by atoms with Crippen LogP contribution in [0.15, 0.2) is 35.5 Å². The molecule has 3 N–H and O–H groups in total. The molecule has 0 bridgehead atoms. The van der Waals surface area contributed by atoms with E-state index in [9.17, 15) is 26.7 Å². The van der Waals surface area contributed by atoms with Crippen LogP contribution in [0.5, 0.6) is 0 Å². The molecule has 1 aliphatic rings. The van der Waals surface area contributed by atoms with Gasteiger partial charge >= 0.3 is 6.18 Å². The van der Waals surface area contributed by atoms with Crippen LogP contribution in [-0.4, -0.2) is 35.9 Å². The highest BCUT2D eigenvalue weighted by Crippen LogP contribution is 2.42. The number of amides is 1. The molecule has 1 aromatic heterocycles. The van der Waals surface area contributed by atoms with Crippen LogP contribution in [0.3, 0.4) is 0 Å². The van der Waals surface area contributed by atoms with Gasteiger partial charge < -0.3 is 15.8 Å². The number of rotatable bonds is 4. The summed E-state index contributed by atoms with van der Waals surface area (Å²) in [5.74, 6) is -1.66. The molecule has 3 rings (SSSR count). The monoisotopic (exact) mass is 462 g/mol. The summed E-state index contributed by atoms with van der Waals surface area (Å²) < 4.78 is 73.2. The molecule has 2 atom stereocenters. The van der Waals surface area contributed by atoms with Crippen LogP contribution in [0.4, 0.5) is 27.6 Å². The number of halogens is 6. The van der Waals surface area contributed by atoms with Gasteiger partial charge in [0.1, 0.15) is 23.7 Å². The van der Waals surface area contributed by atoms with Gasteiger partial charge in [-0.2, -0.15) is 13.2 Å². The number of aromatic nitrogens is 1. The second kappa shape index (κ2) is 8.29. The molecular formula is C19H16ClF5N4O2. The Morgan fingerprint density at radius 2 is 2.10 bits per heavy atom. The summed E-state index contributed by atoms with van der Waals surface area (Å²) in [6, 6.07) is 4.12. The lowest BCUT2D eigenvalue weighted by Gasteiger charge is -2.37. The quantitative estimate of drug-likeness (QED) is 0.664. The number of alkyl halides is 4. The summed E-state index contributed by atoms with van der Waals surface area (Å²) in [5, 5.41) is 2.75. The third-order valence-electron chi connectivity index (χ3n) is 4.67. The molecule has 0 saturated carbocycles. The number of ether oxygens (including phenoxy) is 1. The van der Waals surface area contributed by atoms with Gasteiger partial charge in [-0.25, -0.2) is 18.8 Å². The number of benzene rings is 1. The molecule has 2 heterocycles. The van der Waals surface area contributed by atoms with E-state index >= 15 is 0 Å². The Balaban J connectivity index is 2.02. The van der Waals surface area contributed by atoms with Crippen molar-refractivity contribution in [2.75, 3.05) is 12.0 Å². The zero-order valence-electron chi connectivity index (χ0n) is 15.9. The average molecular weight is 463 g/mol. The van der Waals surface area contributed by atoms with Crippen molar-refractivity contribution in [1.82, 2.24) is 4.98 Å². The summed E-state index contributed by atoms with van der Waals surface area (Å²) in [7, 11) is 0. The van der Waals surface area contributed by atoms with Crippen molar-refractivity contribution in [2.24, 2.45) is 10.7 Å². The van der Waals surface area contributed by atoms with Gasteiger partial charge in [-0.15, -0.1) is 0 Å². The third-order valence-corrected chi connectivity index (χ3v) is 4.89. The Hall–Kier alpha value is -2.95. The topological polar surface area (TPSA) is 89.6 Å². The van der Waals surface area contributed by atoms with E-state index in [1.165, 1.54) is 31.3 Å². The molecule has 6 nitrogen and oxygen atoms in total. The number of nitrogens with one attached hydrogen (secondary N) is 1. The van der Waals surface area contributed by atoms with Gasteiger partial charge in [0.05, 0.1) is 5.02 Å². The largest absolute Gasteiger partial charge is 0.452 e. The van der Waals surface area contributed by atoms with Gasteiger partial charge in [0.2, 0.25) is 0 Å². The predicted octanol–water partition coefficient (Wildman–Crippen LogP) is 4.27. The molecule has 0 fully saturated rings. The molecular weight excluding hydrogens is 447 g/mol. The van der Waals surface area contributed by atoms with Gasteiger partial charge in [0.25, 0.3) is 11.9 Å². The lowest BCUT2D eigenvalue weighted by Crippen LogP contribution is -2.48. The van der Waals surface area contributed by atoms with Crippen molar-refractivity contribution in [1.29, 1.82) is 0 Å². The van der Waals surface area contributed by atoms with E-state index in [2.05, 4.69) is 20.0 Å². The van der Waals surface area contributed by atoms with E-state index in [4.69, 9.17) is 17.3 Å². The molecule has 2 unspecified atom stereocenters. The van der Waals surface area contributed by atoms with Crippen LogP contribution in [-0.2, 0) is 10.3 Å². The highest BCUT2D eigenvalue weighted by molar-refractivity contribution is 6.30. The first-order chi connectivity index (χ1) is 14.4. The number of amidine groups is 1. The first kappa shape index (κ1) is 22.7. The maximum atomic E-state index is 14.9. The maximum absolute atomic E-state index is 14.9. The number of pyridine rings is 1. The van der Waals surface area contributed by atoms with E-state index in [-0.39, 0.29) is 16.9 Å². The molecule has 1 aliphatic heterocycles. The first-order valence-electron chi connectivity index (χ1n) is 8.83. The summed E-state index contributed by atoms with van der Waals surface area (Å²) in [6.45, 7) is -0.162. The highest BCUT2D eigenvalue weighted by atomic mass is 35.5. The fourth-order valence-corrected chi connectivity index (χ4v) is 3.28. The smallest absolute Gasteiger partial charge is 0.425 e. The lowest BCUT2D eigenvalue weighted by molar-refractivity contribution is -0.209. The number of hydrogen-bond donors (Lipinski definition) is 2. The predicted molar refractivity (Wildman–Crippen MR) is 103 cm³/mol. The van der Waals surface area contributed by atoms with Crippen LogP contribution in [0.25, 0.3) is 0 Å². The molecule has 0 saturated heterocycles. The molecule has 0 spiro atoms. The van der Waals surface area contributed by atoms with Crippen molar-refractivity contribution in [3.05, 3.63) is 58.1 Å². The van der Waals surface area contributed by atoms with Crippen LogP contribution >= 0.6 is 11.6 Å². The molecule has 31 heavy (non-hydrogen) atoms. The summed E-state index contributed by atoms with van der Waals surface area (Å²) >= 11 is 5.72. The number of aryl methyl sites for hydroxylation is 1. The number of aliphatic imine (C=N–C) groups is 1. The molecule has 12 heteroatoms. The standard InChI is InChI=1S/C19H16ClF5N4O2/c1-9-4-11(28-16(30)13-3-2-10(20)7-27-13)5-12(15(9)22)18(8-21)6-14(19(23,24)25)31-17(26)29-18/h2-5,7,14H,6,8H2,1H3,(H2,26,29)(H,28,30). The van der Waals surface area contributed by atoms with E-state index in [0.29, 0.717) is 5.02 Å². The zero-order valence-corrected chi connectivity index (χ0v) is 16.7. The first-order valence-corrected chi connectivity index (χ1v) is 9.21. The van der Waals surface area contributed by atoms with Gasteiger partial charge in [-0.05, 0) is 36.8 Å². The van der Waals surface area contributed by atoms with Crippen molar-refractivity contribution in [2.45, 2.75) is 31.2 Å². The van der Waals surface area contributed by atoms with Crippen LogP contribution in [0.2, 0.25) is 5.02 Å². The Bertz CT molecular complexity index is 1030. The number of anilines is 1. The summed E-state index contributed by atoms with van der Waals surface area (Å²) in [6.07, 6.45) is -7.14. The minimum absolute atomic E-state index is 0.00676. The Kier molecular flexibility index (Phi) is 6.08.